The highest BCUT2D eigenvalue weighted by molar-refractivity contribution is 5.76. The Bertz CT molecular complexity index is 425. The number of ether oxygens (including phenoxy) is 1. The molecule has 6 heteroatoms. The molecule has 1 rings (SSSR count). The van der Waals surface area contributed by atoms with Crippen LogP contribution in [-0.4, -0.2) is 18.8 Å². The van der Waals surface area contributed by atoms with Crippen LogP contribution in [0.2, 0.25) is 0 Å². The Kier molecular flexibility index (Phi) is 4.14. The van der Waals surface area contributed by atoms with Crippen molar-refractivity contribution in [2.45, 2.75) is 6.92 Å². The maximum Gasteiger partial charge on any atom is 0.223 e. The smallest absolute Gasteiger partial charge is 0.223 e. The molecule has 1 aromatic rings. The first-order valence-electron chi connectivity index (χ1n) is 4.82. The van der Waals surface area contributed by atoms with Crippen LogP contribution in [0, 0.1) is 17.6 Å². The van der Waals surface area contributed by atoms with Crippen molar-refractivity contribution in [1.82, 2.24) is 0 Å². The van der Waals surface area contributed by atoms with E-state index in [1.165, 1.54) is 6.92 Å². The summed E-state index contributed by atoms with van der Waals surface area (Å²) in [5.41, 5.74) is 4.84. The van der Waals surface area contributed by atoms with Gasteiger partial charge in [0.2, 0.25) is 5.91 Å². The third-order valence-corrected chi connectivity index (χ3v) is 2.12. The van der Waals surface area contributed by atoms with Crippen molar-refractivity contribution >= 4 is 12.2 Å². The highest BCUT2D eigenvalue weighted by Crippen LogP contribution is 2.23. The van der Waals surface area contributed by atoms with E-state index in [9.17, 15) is 18.4 Å². The average molecular weight is 243 g/mol. The van der Waals surface area contributed by atoms with Gasteiger partial charge >= 0.3 is 0 Å². The fourth-order valence-corrected chi connectivity index (χ4v) is 1.08. The van der Waals surface area contributed by atoms with Crippen LogP contribution in [0.15, 0.2) is 12.1 Å². The maximum absolute atomic E-state index is 13.3. The molecule has 4 nitrogen and oxygen atoms in total. The van der Waals surface area contributed by atoms with E-state index >= 15 is 0 Å². The van der Waals surface area contributed by atoms with Crippen molar-refractivity contribution in [1.29, 1.82) is 0 Å². The van der Waals surface area contributed by atoms with Crippen LogP contribution in [0.3, 0.4) is 0 Å². The van der Waals surface area contributed by atoms with Crippen LogP contribution in [0.5, 0.6) is 5.75 Å². The summed E-state index contributed by atoms with van der Waals surface area (Å²) in [6.45, 7) is 1.24. The molecule has 0 saturated carbocycles. The molecular weight excluding hydrogens is 232 g/mol. The molecule has 0 aromatic heterocycles. The predicted octanol–water partition coefficient (Wildman–Crippen LogP) is 1.28. The Morgan fingerprint density at radius 1 is 1.47 bits per heavy atom. The fraction of sp³-hybridized carbons (Fsp3) is 0.273. The lowest BCUT2D eigenvalue weighted by Gasteiger charge is -2.11. The third-order valence-electron chi connectivity index (χ3n) is 2.12. The number of hydrogen-bond donors (Lipinski definition) is 1. The molecule has 0 aliphatic rings. The van der Waals surface area contributed by atoms with Gasteiger partial charge in [0.15, 0.2) is 17.4 Å². The first-order chi connectivity index (χ1) is 7.95. The normalized spacial score (nSPS) is 11.9. The molecule has 92 valence electrons. The second kappa shape index (κ2) is 5.38. The van der Waals surface area contributed by atoms with Gasteiger partial charge in [0.1, 0.15) is 6.29 Å². The molecule has 0 aliphatic carbocycles. The van der Waals surface area contributed by atoms with E-state index in [1.807, 2.05) is 0 Å². The number of primary amides is 1. The number of nitrogens with two attached hydrogens (primary N) is 1. The van der Waals surface area contributed by atoms with Gasteiger partial charge in [-0.25, -0.2) is 8.78 Å². The summed E-state index contributed by atoms with van der Waals surface area (Å²) in [4.78, 5) is 21.0. The lowest BCUT2D eigenvalue weighted by Crippen LogP contribution is -2.26. The van der Waals surface area contributed by atoms with Crippen molar-refractivity contribution in [3.05, 3.63) is 29.3 Å². The molecule has 2 N–H and O–H groups in total. The van der Waals surface area contributed by atoms with Gasteiger partial charge in [-0.05, 0) is 12.1 Å². The van der Waals surface area contributed by atoms with E-state index in [4.69, 9.17) is 10.5 Å². The summed E-state index contributed by atoms with van der Waals surface area (Å²) < 4.78 is 31.4. The van der Waals surface area contributed by atoms with Gasteiger partial charge in [-0.2, -0.15) is 0 Å². The summed E-state index contributed by atoms with van der Waals surface area (Å²) in [7, 11) is 0. The average Bonchev–Trinajstić information content (AvgIpc) is 2.27. The molecule has 0 spiro atoms. The minimum absolute atomic E-state index is 0.129. The van der Waals surface area contributed by atoms with Gasteiger partial charge in [-0.15, -0.1) is 0 Å². The fourth-order valence-electron chi connectivity index (χ4n) is 1.08. The van der Waals surface area contributed by atoms with Crippen LogP contribution in [0.1, 0.15) is 17.3 Å². The van der Waals surface area contributed by atoms with Crippen molar-refractivity contribution in [3.8, 4) is 5.75 Å². The standard InChI is InChI=1S/C11H11F2NO3/c1-6(11(14)16)5-17-10-8(12)2-7(4-15)3-9(10)13/h2-4,6H,5H2,1H3,(H2,14,16). The van der Waals surface area contributed by atoms with E-state index in [2.05, 4.69) is 0 Å². The van der Waals surface area contributed by atoms with Crippen LogP contribution in [0.25, 0.3) is 0 Å². The zero-order chi connectivity index (χ0) is 13.0. The van der Waals surface area contributed by atoms with E-state index in [0.717, 1.165) is 12.1 Å². The minimum atomic E-state index is -0.997. The Morgan fingerprint density at radius 3 is 2.41 bits per heavy atom. The van der Waals surface area contributed by atoms with Crippen LogP contribution < -0.4 is 10.5 Å². The first kappa shape index (κ1) is 13.1. The number of carbonyl (C=O) groups excluding carboxylic acids is 2. The number of amides is 1. The van der Waals surface area contributed by atoms with Crippen LogP contribution >= 0.6 is 0 Å². The second-order valence-corrected chi connectivity index (χ2v) is 3.55. The summed E-state index contributed by atoms with van der Waals surface area (Å²) in [6.07, 6.45) is 0.321. The summed E-state index contributed by atoms with van der Waals surface area (Å²) in [5, 5.41) is 0. The Morgan fingerprint density at radius 2 is 2.00 bits per heavy atom. The molecule has 0 fully saturated rings. The van der Waals surface area contributed by atoms with Gasteiger partial charge in [-0.3, -0.25) is 9.59 Å². The monoisotopic (exact) mass is 243 g/mol. The number of hydrogen-bond acceptors (Lipinski definition) is 3. The van der Waals surface area contributed by atoms with E-state index in [0.29, 0.717) is 6.29 Å². The molecule has 1 amide bonds. The highest BCUT2D eigenvalue weighted by Gasteiger charge is 2.15. The SMILES string of the molecule is CC(COc1c(F)cc(C=O)cc1F)C(N)=O. The largest absolute Gasteiger partial charge is 0.487 e. The van der Waals surface area contributed by atoms with Crippen molar-refractivity contribution in [3.63, 3.8) is 0 Å². The van der Waals surface area contributed by atoms with Gasteiger partial charge in [0.25, 0.3) is 0 Å². The van der Waals surface area contributed by atoms with Crippen molar-refractivity contribution in [2.24, 2.45) is 11.7 Å². The summed E-state index contributed by atoms with van der Waals surface area (Å²) in [6, 6.07) is 1.70. The van der Waals surface area contributed by atoms with Crippen molar-refractivity contribution in [2.75, 3.05) is 6.61 Å². The van der Waals surface area contributed by atoms with Gasteiger partial charge in [0.05, 0.1) is 12.5 Å². The third kappa shape index (κ3) is 3.24. The van der Waals surface area contributed by atoms with Crippen molar-refractivity contribution < 1.29 is 23.1 Å². The molecule has 0 bridgehead atoms. The molecule has 17 heavy (non-hydrogen) atoms. The molecule has 1 aromatic carbocycles. The van der Waals surface area contributed by atoms with E-state index in [-0.39, 0.29) is 12.2 Å². The zero-order valence-electron chi connectivity index (χ0n) is 9.07. The Labute approximate surface area is 96.4 Å². The zero-order valence-corrected chi connectivity index (χ0v) is 9.07. The lowest BCUT2D eigenvalue weighted by molar-refractivity contribution is -0.122. The lowest BCUT2D eigenvalue weighted by atomic mass is 10.2. The number of benzene rings is 1. The van der Waals surface area contributed by atoms with E-state index in [1.54, 1.807) is 0 Å². The quantitative estimate of drug-likeness (QED) is 0.792. The predicted molar refractivity (Wildman–Crippen MR) is 55.6 cm³/mol. The molecule has 1 atom stereocenters. The van der Waals surface area contributed by atoms with Crippen LogP contribution in [0.4, 0.5) is 8.78 Å². The topological polar surface area (TPSA) is 69.4 Å². The number of carbonyl (C=O) groups is 2. The summed E-state index contributed by atoms with van der Waals surface area (Å²) in [5.74, 6) is -3.91. The number of halogens is 2. The summed E-state index contributed by atoms with van der Waals surface area (Å²) >= 11 is 0. The molecule has 0 heterocycles. The first-order valence-corrected chi connectivity index (χ1v) is 4.82. The number of rotatable bonds is 5. The molecule has 0 aliphatic heterocycles. The second-order valence-electron chi connectivity index (χ2n) is 3.55. The maximum atomic E-state index is 13.3. The molecular formula is C11H11F2NO3. The Hall–Kier alpha value is -1.98. The molecule has 0 radical (unpaired) electrons. The molecule has 1 unspecified atom stereocenters. The van der Waals surface area contributed by atoms with E-state index < -0.39 is 29.2 Å². The van der Waals surface area contributed by atoms with Gasteiger partial charge < -0.3 is 10.5 Å². The highest BCUT2D eigenvalue weighted by atomic mass is 19.1. The Balaban J connectivity index is 2.85. The van der Waals surface area contributed by atoms with Crippen LogP contribution in [-0.2, 0) is 4.79 Å². The minimum Gasteiger partial charge on any atom is -0.487 e. The number of aldehydes is 1. The van der Waals surface area contributed by atoms with Gasteiger partial charge in [0, 0.05) is 5.56 Å². The van der Waals surface area contributed by atoms with Gasteiger partial charge in [-0.1, -0.05) is 6.92 Å². The molecule has 0 saturated heterocycles.